The normalized spacial score (nSPS) is 13.6. The fraction of sp³-hybridized carbons (Fsp3) is 0.167. The summed E-state index contributed by atoms with van der Waals surface area (Å²) in [6.45, 7) is 0. The molecule has 0 radical (unpaired) electrons. The predicted molar refractivity (Wildman–Crippen MR) is 67.5 cm³/mol. The van der Waals surface area contributed by atoms with E-state index in [0.717, 1.165) is 6.07 Å². The molecule has 1 atom stereocenters. The van der Waals surface area contributed by atoms with Gasteiger partial charge in [-0.2, -0.15) is 24.5 Å². The molecule has 0 bridgehead atoms. The molecular weight excluding hydrogens is 348 g/mol. The smallest absolute Gasteiger partial charge is 0.384 e. The van der Waals surface area contributed by atoms with Gasteiger partial charge in [0, 0.05) is 15.4 Å². The molecule has 1 nitrogen and oxygen atoms in total. The summed E-state index contributed by atoms with van der Waals surface area (Å²) in [5.74, 6) is -1.35. The van der Waals surface area contributed by atoms with E-state index in [0.29, 0.717) is 22.2 Å². The van der Waals surface area contributed by atoms with Crippen molar-refractivity contribution >= 4 is 27.3 Å². The van der Waals surface area contributed by atoms with Gasteiger partial charge < -0.3 is 5.11 Å². The van der Waals surface area contributed by atoms with Gasteiger partial charge in [0.25, 0.3) is 0 Å². The maximum atomic E-state index is 13.1. The maximum Gasteiger partial charge on any atom is 0.419 e. The molecule has 1 unspecified atom stereocenters. The zero-order valence-corrected chi connectivity index (χ0v) is 11.6. The van der Waals surface area contributed by atoms with Gasteiger partial charge in [0.1, 0.15) is 11.9 Å². The molecule has 0 aliphatic carbocycles. The van der Waals surface area contributed by atoms with Crippen LogP contribution in [0.4, 0.5) is 17.6 Å². The lowest BCUT2D eigenvalue weighted by atomic mass is 10.0. The van der Waals surface area contributed by atoms with Gasteiger partial charge in [0.15, 0.2) is 0 Å². The number of halogens is 5. The number of alkyl halides is 3. The largest absolute Gasteiger partial charge is 0.419 e. The monoisotopic (exact) mass is 354 g/mol. The molecule has 7 heteroatoms. The van der Waals surface area contributed by atoms with Crippen LogP contribution in [0.3, 0.4) is 0 Å². The van der Waals surface area contributed by atoms with Crippen molar-refractivity contribution in [3.63, 3.8) is 0 Å². The van der Waals surface area contributed by atoms with Crippen LogP contribution in [0, 0.1) is 5.82 Å². The second-order valence-corrected chi connectivity index (χ2v) is 5.41. The summed E-state index contributed by atoms with van der Waals surface area (Å²) in [5, 5.41) is 13.3. The summed E-state index contributed by atoms with van der Waals surface area (Å²) in [7, 11) is 0. The van der Waals surface area contributed by atoms with Gasteiger partial charge in [0.2, 0.25) is 0 Å². The minimum atomic E-state index is -4.79. The summed E-state index contributed by atoms with van der Waals surface area (Å²) in [6.07, 6.45) is -6.02. The van der Waals surface area contributed by atoms with E-state index in [2.05, 4.69) is 15.9 Å². The summed E-state index contributed by atoms with van der Waals surface area (Å²) in [5.41, 5.74) is -0.937. The highest BCUT2D eigenvalue weighted by molar-refractivity contribution is 9.10. The second kappa shape index (κ2) is 5.22. The van der Waals surface area contributed by atoms with Crippen molar-refractivity contribution in [2.75, 3.05) is 0 Å². The van der Waals surface area contributed by atoms with Gasteiger partial charge in [-0.3, -0.25) is 0 Å². The highest BCUT2D eigenvalue weighted by Gasteiger charge is 2.34. The van der Waals surface area contributed by atoms with Crippen LogP contribution in [0.15, 0.2) is 33.4 Å². The van der Waals surface area contributed by atoms with Gasteiger partial charge in [-0.05, 0) is 39.0 Å². The number of aliphatic hydroxyl groups is 1. The molecule has 0 saturated carbocycles. The first-order valence-electron chi connectivity index (χ1n) is 5.07. The summed E-state index contributed by atoms with van der Waals surface area (Å²) in [4.78, 5) is 0. The minimum Gasteiger partial charge on any atom is -0.384 e. The quantitative estimate of drug-likeness (QED) is 0.771. The fourth-order valence-corrected chi connectivity index (χ4v) is 3.13. The van der Waals surface area contributed by atoms with Crippen LogP contribution in [-0.2, 0) is 6.18 Å². The van der Waals surface area contributed by atoms with Crippen LogP contribution < -0.4 is 0 Å². The Labute approximate surface area is 118 Å². The van der Waals surface area contributed by atoms with E-state index < -0.39 is 23.7 Å². The molecule has 0 aliphatic heterocycles. The highest BCUT2D eigenvalue weighted by atomic mass is 79.9. The van der Waals surface area contributed by atoms with E-state index in [1.54, 1.807) is 10.8 Å². The fourth-order valence-electron chi connectivity index (χ4n) is 1.60. The molecular formula is C12H7BrF4OS. The van der Waals surface area contributed by atoms with Crippen LogP contribution in [-0.4, -0.2) is 5.11 Å². The van der Waals surface area contributed by atoms with Crippen LogP contribution in [0.5, 0.6) is 0 Å². The minimum absolute atomic E-state index is 0.00664. The average molecular weight is 355 g/mol. The van der Waals surface area contributed by atoms with Gasteiger partial charge in [-0.1, -0.05) is 6.07 Å². The zero-order valence-electron chi connectivity index (χ0n) is 9.21. The predicted octanol–water partition coefficient (Wildman–Crippen LogP) is 4.75. The Hall–Kier alpha value is -0.920. The standard InChI is InChI=1S/C12H7BrF4OS/c13-9-5-19-4-7(9)11(18)6-1-2-10(14)8(3-6)12(15,16)17/h1-5,11,18H. The molecule has 2 rings (SSSR count). The lowest BCUT2D eigenvalue weighted by molar-refractivity contribution is -0.140. The van der Waals surface area contributed by atoms with E-state index in [-0.39, 0.29) is 5.56 Å². The summed E-state index contributed by atoms with van der Waals surface area (Å²) in [6, 6.07) is 2.48. The first-order chi connectivity index (χ1) is 8.80. The molecule has 19 heavy (non-hydrogen) atoms. The van der Waals surface area contributed by atoms with Crippen LogP contribution in [0.25, 0.3) is 0 Å². The third-order valence-corrected chi connectivity index (χ3v) is 4.30. The number of hydrogen-bond acceptors (Lipinski definition) is 2. The Morgan fingerprint density at radius 1 is 1.21 bits per heavy atom. The lowest BCUT2D eigenvalue weighted by Gasteiger charge is -2.14. The third kappa shape index (κ3) is 2.98. The number of aliphatic hydroxyl groups excluding tert-OH is 1. The van der Waals surface area contributed by atoms with Gasteiger partial charge in [0.05, 0.1) is 5.56 Å². The van der Waals surface area contributed by atoms with E-state index >= 15 is 0 Å². The number of benzene rings is 1. The first kappa shape index (κ1) is 14.5. The second-order valence-electron chi connectivity index (χ2n) is 3.81. The summed E-state index contributed by atoms with van der Waals surface area (Å²) < 4.78 is 51.5. The Bertz CT molecular complexity index is 594. The van der Waals surface area contributed by atoms with Crippen molar-refractivity contribution in [3.8, 4) is 0 Å². The molecule has 1 N–H and O–H groups in total. The van der Waals surface area contributed by atoms with Crippen molar-refractivity contribution < 1.29 is 22.7 Å². The highest BCUT2D eigenvalue weighted by Crippen LogP contribution is 2.36. The van der Waals surface area contributed by atoms with Crippen LogP contribution in [0.2, 0.25) is 0 Å². The van der Waals surface area contributed by atoms with Crippen molar-refractivity contribution in [1.29, 1.82) is 0 Å². The number of hydrogen-bond donors (Lipinski definition) is 1. The Morgan fingerprint density at radius 3 is 2.42 bits per heavy atom. The zero-order chi connectivity index (χ0) is 14.2. The van der Waals surface area contributed by atoms with Gasteiger partial charge in [-0.15, -0.1) is 0 Å². The van der Waals surface area contributed by atoms with Crippen molar-refractivity contribution in [1.82, 2.24) is 0 Å². The molecule has 2 aromatic rings. The Morgan fingerprint density at radius 2 is 1.89 bits per heavy atom. The first-order valence-corrected chi connectivity index (χ1v) is 6.80. The Kier molecular flexibility index (Phi) is 3.98. The Balaban J connectivity index is 2.44. The number of thiophene rings is 1. The molecule has 0 fully saturated rings. The topological polar surface area (TPSA) is 20.2 Å². The molecule has 0 spiro atoms. The molecule has 1 heterocycles. The van der Waals surface area contributed by atoms with Crippen LogP contribution in [0.1, 0.15) is 22.8 Å². The molecule has 0 amide bonds. The van der Waals surface area contributed by atoms with E-state index in [4.69, 9.17) is 0 Å². The molecule has 0 saturated heterocycles. The molecule has 1 aromatic carbocycles. The van der Waals surface area contributed by atoms with E-state index in [1.807, 2.05) is 0 Å². The van der Waals surface area contributed by atoms with Crippen LogP contribution >= 0.6 is 27.3 Å². The SMILES string of the molecule is OC(c1ccc(F)c(C(F)(F)F)c1)c1cscc1Br. The van der Waals surface area contributed by atoms with Gasteiger partial charge in [-0.25, -0.2) is 4.39 Å². The number of rotatable bonds is 2. The van der Waals surface area contributed by atoms with E-state index in [9.17, 15) is 22.7 Å². The van der Waals surface area contributed by atoms with Crippen molar-refractivity contribution in [3.05, 3.63) is 55.9 Å². The average Bonchev–Trinajstić information content (AvgIpc) is 2.73. The lowest BCUT2D eigenvalue weighted by Crippen LogP contribution is -2.10. The summed E-state index contributed by atoms with van der Waals surface area (Å²) >= 11 is 4.49. The van der Waals surface area contributed by atoms with E-state index in [1.165, 1.54) is 11.3 Å². The van der Waals surface area contributed by atoms with Crippen molar-refractivity contribution in [2.45, 2.75) is 12.3 Å². The van der Waals surface area contributed by atoms with Crippen molar-refractivity contribution in [2.24, 2.45) is 0 Å². The maximum absolute atomic E-state index is 13.1. The third-order valence-electron chi connectivity index (χ3n) is 2.55. The molecule has 0 aliphatic rings. The molecule has 1 aromatic heterocycles. The molecule has 102 valence electrons. The van der Waals surface area contributed by atoms with Gasteiger partial charge >= 0.3 is 6.18 Å².